The standard InChI is InChI=1S/C11H21NO5S/c1-10(2,3)17-9(14)12-11(4,8-13)6-7-18(5,15)16/h8H,6-7H2,1-5H3,(H,12,14). The highest BCUT2D eigenvalue weighted by Gasteiger charge is 2.29. The molecule has 18 heavy (non-hydrogen) atoms. The Kier molecular flexibility index (Phi) is 5.34. The lowest BCUT2D eigenvalue weighted by Gasteiger charge is -2.27. The Morgan fingerprint density at radius 3 is 2.11 bits per heavy atom. The van der Waals surface area contributed by atoms with Gasteiger partial charge in [0.05, 0.1) is 11.3 Å². The molecule has 106 valence electrons. The normalized spacial score (nSPS) is 15.6. The summed E-state index contributed by atoms with van der Waals surface area (Å²) >= 11 is 0. The van der Waals surface area contributed by atoms with E-state index in [1.807, 2.05) is 0 Å². The fourth-order valence-electron chi connectivity index (χ4n) is 1.09. The number of hydrogen-bond acceptors (Lipinski definition) is 5. The van der Waals surface area contributed by atoms with Gasteiger partial charge in [-0.15, -0.1) is 0 Å². The zero-order valence-corrected chi connectivity index (χ0v) is 12.3. The highest BCUT2D eigenvalue weighted by Crippen LogP contribution is 2.12. The van der Waals surface area contributed by atoms with Gasteiger partial charge in [0.1, 0.15) is 21.7 Å². The van der Waals surface area contributed by atoms with Crippen LogP contribution in [0.2, 0.25) is 0 Å². The van der Waals surface area contributed by atoms with Crippen molar-refractivity contribution in [1.29, 1.82) is 0 Å². The van der Waals surface area contributed by atoms with Gasteiger partial charge in [0.15, 0.2) is 0 Å². The lowest BCUT2D eigenvalue weighted by molar-refractivity contribution is -0.113. The Balaban J connectivity index is 4.58. The van der Waals surface area contributed by atoms with Gasteiger partial charge in [0.25, 0.3) is 0 Å². The number of nitrogens with one attached hydrogen (secondary N) is 1. The molecule has 6 nitrogen and oxygen atoms in total. The lowest BCUT2D eigenvalue weighted by Crippen LogP contribution is -2.50. The summed E-state index contributed by atoms with van der Waals surface area (Å²) in [5.41, 5.74) is -1.92. The molecule has 0 spiro atoms. The molecule has 0 aliphatic heterocycles. The van der Waals surface area contributed by atoms with Crippen molar-refractivity contribution >= 4 is 22.2 Å². The maximum Gasteiger partial charge on any atom is 0.408 e. The molecule has 1 atom stereocenters. The predicted molar refractivity (Wildman–Crippen MR) is 68.2 cm³/mol. The SMILES string of the molecule is CC(C=O)(CCS(C)(=O)=O)NC(=O)OC(C)(C)C. The summed E-state index contributed by atoms with van der Waals surface area (Å²) in [5, 5.41) is 2.38. The first-order valence-corrected chi connectivity index (χ1v) is 7.58. The number of carbonyl (C=O) groups is 2. The maximum absolute atomic E-state index is 11.5. The summed E-state index contributed by atoms with van der Waals surface area (Å²) in [5.74, 6) is -0.183. The van der Waals surface area contributed by atoms with Gasteiger partial charge in [-0.3, -0.25) is 0 Å². The number of carbonyl (C=O) groups excluding carboxylic acids is 2. The molecule has 1 unspecified atom stereocenters. The molecule has 0 aliphatic rings. The number of alkyl carbamates (subject to hydrolysis) is 1. The molecule has 0 aromatic heterocycles. The second-order valence-corrected chi connectivity index (χ2v) is 7.80. The zero-order chi connectivity index (χ0) is 14.6. The van der Waals surface area contributed by atoms with E-state index in [1.165, 1.54) is 6.92 Å². The van der Waals surface area contributed by atoms with Crippen LogP contribution in [0.4, 0.5) is 4.79 Å². The molecule has 0 aromatic carbocycles. The first-order valence-electron chi connectivity index (χ1n) is 5.52. The topological polar surface area (TPSA) is 89.5 Å². The van der Waals surface area contributed by atoms with Crippen LogP contribution in [-0.4, -0.2) is 43.9 Å². The molecule has 0 heterocycles. The van der Waals surface area contributed by atoms with Gasteiger partial charge in [-0.25, -0.2) is 13.2 Å². The quantitative estimate of drug-likeness (QED) is 0.755. The van der Waals surface area contributed by atoms with Crippen LogP contribution in [0.5, 0.6) is 0 Å². The number of sulfone groups is 1. The molecule has 0 aromatic rings. The third-order valence-electron chi connectivity index (χ3n) is 2.04. The van der Waals surface area contributed by atoms with E-state index in [0.29, 0.717) is 6.29 Å². The van der Waals surface area contributed by atoms with Crippen molar-refractivity contribution in [3.05, 3.63) is 0 Å². The fourth-order valence-corrected chi connectivity index (χ4v) is 1.88. The molecule has 1 N–H and O–H groups in total. The third kappa shape index (κ3) is 8.05. The van der Waals surface area contributed by atoms with Gasteiger partial charge in [-0.05, 0) is 34.1 Å². The summed E-state index contributed by atoms with van der Waals surface area (Å²) < 4.78 is 27.1. The second-order valence-electron chi connectivity index (χ2n) is 5.54. The molecular formula is C11H21NO5S. The molecule has 0 aliphatic carbocycles. The predicted octanol–water partition coefficient (Wildman–Crippen LogP) is 0.903. The Morgan fingerprint density at radius 1 is 1.28 bits per heavy atom. The average molecular weight is 279 g/mol. The minimum atomic E-state index is -3.19. The van der Waals surface area contributed by atoms with Crippen LogP contribution in [0.15, 0.2) is 0 Å². The van der Waals surface area contributed by atoms with E-state index in [-0.39, 0.29) is 12.2 Å². The fraction of sp³-hybridized carbons (Fsp3) is 0.818. The van der Waals surface area contributed by atoms with Crippen molar-refractivity contribution in [2.45, 2.75) is 45.3 Å². The minimum absolute atomic E-state index is 0.00851. The van der Waals surface area contributed by atoms with Crippen molar-refractivity contribution in [3.63, 3.8) is 0 Å². The van der Waals surface area contributed by atoms with Crippen LogP contribution in [-0.2, 0) is 19.4 Å². The summed E-state index contributed by atoms with van der Waals surface area (Å²) in [6, 6.07) is 0. The highest BCUT2D eigenvalue weighted by molar-refractivity contribution is 7.90. The van der Waals surface area contributed by atoms with E-state index in [4.69, 9.17) is 4.74 Å². The molecule has 0 bridgehead atoms. The minimum Gasteiger partial charge on any atom is -0.444 e. The van der Waals surface area contributed by atoms with Crippen molar-refractivity contribution in [1.82, 2.24) is 5.32 Å². The summed E-state index contributed by atoms with van der Waals surface area (Å²) in [7, 11) is -3.19. The number of ether oxygens (including phenoxy) is 1. The molecule has 1 amide bonds. The van der Waals surface area contributed by atoms with Crippen LogP contribution in [0, 0.1) is 0 Å². The Labute approximate surface area is 108 Å². The number of hydrogen-bond donors (Lipinski definition) is 1. The molecule has 7 heteroatoms. The summed E-state index contributed by atoms with van der Waals surface area (Å²) in [6.07, 6.45) is 0.855. The Morgan fingerprint density at radius 2 is 1.78 bits per heavy atom. The van der Waals surface area contributed by atoms with E-state index < -0.39 is 27.1 Å². The van der Waals surface area contributed by atoms with Gasteiger partial charge in [-0.2, -0.15) is 0 Å². The highest BCUT2D eigenvalue weighted by atomic mass is 32.2. The smallest absolute Gasteiger partial charge is 0.408 e. The first-order chi connectivity index (χ1) is 7.87. The average Bonchev–Trinajstić information content (AvgIpc) is 2.10. The van der Waals surface area contributed by atoms with Gasteiger partial charge in [-0.1, -0.05) is 0 Å². The van der Waals surface area contributed by atoms with Gasteiger partial charge in [0, 0.05) is 6.26 Å². The molecule has 0 saturated heterocycles. The van der Waals surface area contributed by atoms with E-state index >= 15 is 0 Å². The maximum atomic E-state index is 11.5. The summed E-state index contributed by atoms with van der Waals surface area (Å²) in [4.78, 5) is 22.5. The van der Waals surface area contributed by atoms with Crippen molar-refractivity contribution < 1.29 is 22.7 Å². The van der Waals surface area contributed by atoms with E-state index in [0.717, 1.165) is 6.26 Å². The van der Waals surface area contributed by atoms with E-state index in [1.54, 1.807) is 20.8 Å². The number of amides is 1. The zero-order valence-electron chi connectivity index (χ0n) is 11.4. The monoisotopic (exact) mass is 279 g/mol. The molecule has 0 fully saturated rings. The number of aldehydes is 1. The van der Waals surface area contributed by atoms with Gasteiger partial charge in [0.2, 0.25) is 0 Å². The molecule has 0 radical (unpaired) electrons. The van der Waals surface area contributed by atoms with Gasteiger partial charge >= 0.3 is 6.09 Å². The molecular weight excluding hydrogens is 258 g/mol. The third-order valence-corrected chi connectivity index (χ3v) is 2.98. The number of rotatable bonds is 5. The Hall–Kier alpha value is -1.11. The summed E-state index contributed by atoms with van der Waals surface area (Å²) in [6.45, 7) is 6.54. The van der Waals surface area contributed by atoms with Crippen LogP contribution < -0.4 is 5.32 Å². The van der Waals surface area contributed by atoms with E-state index in [2.05, 4.69) is 5.32 Å². The Bertz CT molecular complexity index is 410. The second kappa shape index (κ2) is 5.69. The molecule has 0 rings (SSSR count). The lowest BCUT2D eigenvalue weighted by atomic mass is 10.0. The first kappa shape index (κ1) is 16.9. The van der Waals surface area contributed by atoms with Crippen LogP contribution in [0.25, 0.3) is 0 Å². The molecule has 0 saturated carbocycles. The van der Waals surface area contributed by atoms with Gasteiger partial charge < -0.3 is 14.8 Å². The van der Waals surface area contributed by atoms with Crippen LogP contribution in [0.3, 0.4) is 0 Å². The largest absolute Gasteiger partial charge is 0.444 e. The van der Waals surface area contributed by atoms with Crippen LogP contribution in [0.1, 0.15) is 34.1 Å². The van der Waals surface area contributed by atoms with Crippen molar-refractivity contribution in [2.75, 3.05) is 12.0 Å². The van der Waals surface area contributed by atoms with Crippen molar-refractivity contribution in [2.24, 2.45) is 0 Å². The van der Waals surface area contributed by atoms with Crippen LogP contribution >= 0.6 is 0 Å². The van der Waals surface area contributed by atoms with Crippen molar-refractivity contribution in [3.8, 4) is 0 Å². The van der Waals surface area contributed by atoms with E-state index in [9.17, 15) is 18.0 Å².